The number of unbranched alkanes of at least 4 members (excludes halogenated alkanes) is 2. The molecule has 382 valence electrons. The van der Waals surface area contributed by atoms with Gasteiger partial charge < -0.3 is 4.90 Å². The fourth-order valence-corrected chi connectivity index (χ4v) is 13.2. The maximum atomic E-state index is 13.0. The van der Waals surface area contributed by atoms with Crippen LogP contribution in [0.25, 0.3) is 22.4 Å². The summed E-state index contributed by atoms with van der Waals surface area (Å²) < 4.78 is 147. The van der Waals surface area contributed by atoms with Gasteiger partial charge in [-0.05, 0) is 92.6 Å². The summed E-state index contributed by atoms with van der Waals surface area (Å²) in [6, 6.07) is 8.40. The first-order valence-electron chi connectivity index (χ1n) is 21.4. The zero-order valence-electron chi connectivity index (χ0n) is 38.4. The molecule has 3 aliphatic rings. The minimum absolute atomic E-state index is 0.150. The number of allylic oxidation sites excluding steroid dienone is 8. The van der Waals surface area contributed by atoms with E-state index < -0.39 is 73.7 Å². The molecule has 6 rings (SSSR count). The molecule has 0 spiro atoms. The molecule has 0 fully saturated rings. The monoisotopic (exact) mass is 1090 g/mol. The van der Waals surface area contributed by atoms with Crippen molar-refractivity contribution in [3.05, 3.63) is 100 Å². The van der Waals surface area contributed by atoms with Gasteiger partial charge in [0, 0.05) is 68.2 Å². The molecule has 0 radical (unpaired) electrons. The summed E-state index contributed by atoms with van der Waals surface area (Å²) in [6.45, 7) is 10.3. The maximum Gasteiger partial charge on any atom is 0.295 e. The minimum atomic E-state index is -4.81. The van der Waals surface area contributed by atoms with Crippen LogP contribution in [-0.4, -0.2) is 103 Å². The molecule has 0 saturated heterocycles. The van der Waals surface area contributed by atoms with E-state index in [0.29, 0.717) is 88.9 Å². The van der Waals surface area contributed by atoms with Gasteiger partial charge in [0.1, 0.15) is 11.4 Å². The third-order valence-electron chi connectivity index (χ3n) is 12.4. The summed E-state index contributed by atoms with van der Waals surface area (Å²) in [5.74, 6) is -0.887. The SMILES string of the molecule is CC(C=C/C=C1/N(CCCCS(=O)(=O)O)c2ccc3cc(S(=O)(=O)O)cc(SOOO)c3c2C1(C)C)=CC=CC1=[N+](CCCCS(=O)(=O)O)C2CC=c3cc(SOOO)cc(S(=O)(=O)O)c3=C2C1(C)C. The van der Waals surface area contributed by atoms with E-state index in [0.717, 1.165) is 22.5 Å². The Labute approximate surface area is 414 Å². The van der Waals surface area contributed by atoms with Gasteiger partial charge in [-0.15, -0.1) is 8.67 Å². The van der Waals surface area contributed by atoms with Crippen LogP contribution >= 0.6 is 24.1 Å². The molecule has 1 aliphatic carbocycles. The molecule has 2 aliphatic heterocycles. The van der Waals surface area contributed by atoms with Gasteiger partial charge in [0.05, 0.1) is 45.9 Å². The van der Waals surface area contributed by atoms with E-state index in [-0.39, 0.29) is 27.5 Å². The van der Waals surface area contributed by atoms with Crippen molar-refractivity contribution in [1.82, 2.24) is 0 Å². The predicted molar refractivity (Wildman–Crippen MR) is 263 cm³/mol. The molecule has 1 atom stereocenters. The van der Waals surface area contributed by atoms with E-state index >= 15 is 0 Å². The highest BCUT2D eigenvalue weighted by atomic mass is 32.2. The molecule has 0 bridgehead atoms. The van der Waals surface area contributed by atoms with Crippen molar-refractivity contribution in [3.8, 4) is 0 Å². The molecule has 1 unspecified atom stereocenters. The fraction of sp³-hybridized carbons (Fsp3) is 0.386. The topological polar surface area (TPSA) is 301 Å². The zero-order valence-corrected chi connectivity index (χ0v) is 43.3. The van der Waals surface area contributed by atoms with Crippen molar-refractivity contribution < 1.29 is 85.7 Å². The number of benzene rings is 3. The summed E-state index contributed by atoms with van der Waals surface area (Å²) in [4.78, 5) is 1.63. The van der Waals surface area contributed by atoms with E-state index in [9.17, 15) is 51.9 Å². The highest BCUT2D eigenvalue weighted by Crippen LogP contribution is 2.53. The van der Waals surface area contributed by atoms with Crippen LogP contribution in [0.4, 0.5) is 5.69 Å². The van der Waals surface area contributed by atoms with Crippen molar-refractivity contribution in [1.29, 1.82) is 0 Å². The minimum Gasteiger partial charge on any atom is -0.344 e. The van der Waals surface area contributed by atoms with Crippen molar-refractivity contribution in [3.63, 3.8) is 0 Å². The molecule has 26 heteroatoms. The Morgan fingerprint density at radius 1 is 0.814 bits per heavy atom. The smallest absolute Gasteiger partial charge is 0.295 e. The second-order valence-corrected chi connectivity index (χ2v) is 25.3. The highest BCUT2D eigenvalue weighted by Gasteiger charge is 2.51. The molecule has 0 amide bonds. The van der Waals surface area contributed by atoms with Gasteiger partial charge in [0.15, 0.2) is 11.8 Å². The van der Waals surface area contributed by atoms with Gasteiger partial charge in [0.25, 0.3) is 40.5 Å². The number of hydrogen-bond donors (Lipinski definition) is 6. The lowest BCUT2D eigenvalue weighted by atomic mass is 9.76. The number of anilines is 1. The van der Waals surface area contributed by atoms with Crippen LogP contribution in [0, 0.1) is 5.41 Å². The lowest BCUT2D eigenvalue weighted by molar-refractivity contribution is -0.546. The Morgan fingerprint density at radius 3 is 2.10 bits per heavy atom. The van der Waals surface area contributed by atoms with Crippen LogP contribution in [0.15, 0.2) is 104 Å². The quantitative estimate of drug-likeness (QED) is 0.0120. The van der Waals surface area contributed by atoms with Gasteiger partial charge in [-0.2, -0.15) is 33.7 Å². The van der Waals surface area contributed by atoms with Crippen LogP contribution in [0.5, 0.6) is 0 Å². The molecule has 0 aromatic heterocycles. The summed E-state index contributed by atoms with van der Waals surface area (Å²) >= 11 is 1.07. The first kappa shape index (κ1) is 55.5. The fourth-order valence-electron chi connectivity index (χ4n) is 9.55. The molecule has 20 nitrogen and oxygen atoms in total. The van der Waals surface area contributed by atoms with Crippen LogP contribution in [0.2, 0.25) is 0 Å². The Kier molecular flexibility index (Phi) is 17.2. The van der Waals surface area contributed by atoms with Gasteiger partial charge in [-0.3, -0.25) is 18.2 Å². The number of hydrogen-bond acceptors (Lipinski definition) is 17. The van der Waals surface area contributed by atoms with Gasteiger partial charge in [-0.25, -0.2) is 15.1 Å². The van der Waals surface area contributed by atoms with Crippen LogP contribution in [0.3, 0.4) is 0 Å². The van der Waals surface area contributed by atoms with Crippen LogP contribution in [0.1, 0.15) is 72.3 Å². The van der Waals surface area contributed by atoms with Crippen molar-refractivity contribution in [2.45, 2.75) is 97.8 Å². The van der Waals surface area contributed by atoms with Crippen LogP contribution < -0.4 is 15.3 Å². The average molecular weight is 1090 g/mol. The summed E-state index contributed by atoms with van der Waals surface area (Å²) in [5.41, 5.74) is 2.79. The van der Waals surface area contributed by atoms with Crippen LogP contribution in [-0.2, 0) is 64.6 Å². The highest BCUT2D eigenvalue weighted by molar-refractivity contribution is 7.95. The molecular weight excluding hydrogens is 1040 g/mol. The molecule has 70 heavy (non-hydrogen) atoms. The van der Waals surface area contributed by atoms with Gasteiger partial charge in [-0.1, -0.05) is 65.9 Å². The second kappa shape index (κ2) is 21.7. The van der Waals surface area contributed by atoms with Crippen molar-refractivity contribution in [2.75, 3.05) is 29.5 Å². The molecule has 6 N–H and O–H groups in total. The lowest BCUT2D eigenvalue weighted by Gasteiger charge is -2.27. The molecule has 3 aromatic rings. The first-order chi connectivity index (χ1) is 32.6. The Bertz CT molecular complexity index is 3310. The van der Waals surface area contributed by atoms with E-state index in [1.54, 1.807) is 18.2 Å². The standard InChI is InChI=1S/C44H52N2O18S6/c1-28(12-10-14-37-43(2,3)41-33(45(37)20-6-8-22-67(49,50)51)19-17-30-25-32(69(55,56)57)27-35(39(30)41)66-64-62-48)13-11-15-38-44(4,5)42-34(46(38)21-7-9-23-68(52,53)54)18-16-29-24-31(65-63-61-47)26-36(40(29)42)70(58,59)60/h10-17,19,24-27,34H,6-9,18,20-23H2,1-5H3,(H5-,47,48,49,50,51,52,53,54,55,56,57,58,59,60)/p+1. The summed E-state index contributed by atoms with van der Waals surface area (Å²) in [5, 5.41) is 27.0. The van der Waals surface area contributed by atoms with Crippen molar-refractivity contribution in [2.24, 2.45) is 5.41 Å². The molecular formula is C44H53N2O18S6+. The average Bonchev–Trinajstić information content (AvgIpc) is 3.61. The first-order valence-corrected chi connectivity index (χ1v) is 29.0. The van der Waals surface area contributed by atoms with E-state index in [4.69, 9.17) is 14.8 Å². The third-order valence-corrected chi connectivity index (χ3v) is 16.9. The van der Waals surface area contributed by atoms with Gasteiger partial charge >= 0.3 is 0 Å². The summed E-state index contributed by atoms with van der Waals surface area (Å²) in [7, 11) is -17.9. The Hall–Kier alpha value is -3.81. The maximum absolute atomic E-state index is 13.0. The number of nitrogens with zero attached hydrogens (tertiary/aromatic N) is 2. The molecule has 0 saturated carbocycles. The van der Waals surface area contributed by atoms with E-state index in [1.165, 1.54) is 18.2 Å². The molecule has 3 aromatic carbocycles. The van der Waals surface area contributed by atoms with Crippen molar-refractivity contribution >= 4 is 98.4 Å². The predicted octanol–water partition coefficient (Wildman–Crippen LogP) is 6.46. The Balaban J connectivity index is 1.40. The number of rotatable bonds is 22. The zero-order chi connectivity index (χ0) is 51.6. The lowest BCUT2D eigenvalue weighted by Crippen LogP contribution is -2.42. The van der Waals surface area contributed by atoms with E-state index in [1.807, 2.05) is 82.1 Å². The van der Waals surface area contributed by atoms with E-state index in [2.05, 4.69) is 19.0 Å². The number of fused-ring (bicyclic) bond motifs is 5. The molecule has 2 heterocycles. The van der Waals surface area contributed by atoms with Gasteiger partial charge in [0.2, 0.25) is 0 Å². The Morgan fingerprint density at radius 2 is 1.47 bits per heavy atom. The summed E-state index contributed by atoms with van der Waals surface area (Å²) in [6.07, 6.45) is 14.4. The second-order valence-electron chi connectivity index (χ2n) is 17.8. The largest absolute Gasteiger partial charge is 0.344 e. The normalized spacial score (nSPS) is 18.9. The third kappa shape index (κ3) is 12.7.